The molecule has 1 unspecified atom stereocenters. The largest absolute Gasteiger partial charge is 0.372 e. The maximum atomic E-state index is 12.5. The van der Waals surface area contributed by atoms with Gasteiger partial charge in [-0.2, -0.15) is 0 Å². The standard InChI is InChI=1S/C15H20N2O/c1-10(2)9-17-13-8-6-5-7-12(13)16-14(11(3)4)15(17)18/h5-8,11,14,16H,1,9H2,2-4H3. The summed E-state index contributed by atoms with van der Waals surface area (Å²) < 4.78 is 0. The Morgan fingerprint density at radius 2 is 2.11 bits per heavy atom. The highest BCUT2D eigenvalue weighted by molar-refractivity contribution is 6.05. The van der Waals surface area contributed by atoms with E-state index in [1.165, 1.54) is 0 Å². The molecule has 1 aromatic rings. The molecule has 0 aromatic heterocycles. The summed E-state index contributed by atoms with van der Waals surface area (Å²) in [5.74, 6) is 0.394. The van der Waals surface area contributed by atoms with Gasteiger partial charge >= 0.3 is 0 Å². The zero-order chi connectivity index (χ0) is 13.3. The first-order chi connectivity index (χ1) is 8.50. The van der Waals surface area contributed by atoms with Gasteiger partial charge in [0.25, 0.3) is 0 Å². The number of hydrogen-bond donors (Lipinski definition) is 1. The average molecular weight is 244 g/mol. The van der Waals surface area contributed by atoms with Crippen LogP contribution in [0.2, 0.25) is 0 Å². The van der Waals surface area contributed by atoms with E-state index in [2.05, 4.69) is 25.7 Å². The second-order valence-electron chi connectivity index (χ2n) is 5.26. The summed E-state index contributed by atoms with van der Waals surface area (Å²) >= 11 is 0. The maximum Gasteiger partial charge on any atom is 0.250 e. The lowest BCUT2D eigenvalue weighted by Gasteiger charge is -2.37. The van der Waals surface area contributed by atoms with Crippen molar-refractivity contribution in [3.05, 3.63) is 36.4 Å². The van der Waals surface area contributed by atoms with Crippen LogP contribution in [0.25, 0.3) is 0 Å². The van der Waals surface area contributed by atoms with Crippen molar-refractivity contribution in [3.63, 3.8) is 0 Å². The second-order valence-corrected chi connectivity index (χ2v) is 5.26. The predicted molar refractivity (Wildman–Crippen MR) is 75.9 cm³/mol. The third kappa shape index (κ3) is 2.26. The molecule has 0 aliphatic carbocycles. The SMILES string of the molecule is C=C(C)CN1C(=O)C(C(C)C)Nc2ccccc21. The van der Waals surface area contributed by atoms with E-state index in [-0.39, 0.29) is 17.9 Å². The number of rotatable bonds is 3. The molecule has 0 fully saturated rings. The van der Waals surface area contributed by atoms with E-state index in [1.807, 2.05) is 36.1 Å². The summed E-state index contributed by atoms with van der Waals surface area (Å²) in [4.78, 5) is 14.3. The van der Waals surface area contributed by atoms with E-state index >= 15 is 0 Å². The first-order valence-electron chi connectivity index (χ1n) is 6.32. The van der Waals surface area contributed by atoms with Crippen molar-refractivity contribution >= 4 is 17.3 Å². The maximum absolute atomic E-state index is 12.5. The van der Waals surface area contributed by atoms with Crippen LogP contribution in [-0.2, 0) is 4.79 Å². The van der Waals surface area contributed by atoms with Crippen LogP contribution in [0, 0.1) is 5.92 Å². The quantitative estimate of drug-likeness (QED) is 0.829. The highest BCUT2D eigenvalue weighted by atomic mass is 16.2. The number of para-hydroxylation sites is 2. The second kappa shape index (κ2) is 4.84. The third-order valence-electron chi connectivity index (χ3n) is 3.13. The molecule has 18 heavy (non-hydrogen) atoms. The summed E-state index contributed by atoms with van der Waals surface area (Å²) in [6.07, 6.45) is 0. The number of anilines is 2. The monoisotopic (exact) mass is 244 g/mol. The molecular weight excluding hydrogens is 224 g/mol. The number of nitrogens with one attached hydrogen (secondary N) is 1. The molecule has 1 atom stereocenters. The van der Waals surface area contributed by atoms with Crippen LogP contribution < -0.4 is 10.2 Å². The van der Waals surface area contributed by atoms with E-state index < -0.39 is 0 Å². The molecule has 0 bridgehead atoms. The minimum atomic E-state index is -0.153. The van der Waals surface area contributed by atoms with Crippen molar-refractivity contribution in [2.75, 3.05) is 16.8 Å². The van der Waals surface area contributed by atoms with Gasteiger partial charge in [-0.15, -0.1) is 0 Å². The fourth-order valence-electron chi connectivity index (χ4n) is 2.23. The summed E-state index contributed by atoms with van der Waals surface area (Å²) in [7, 11) is 0. The number of fused-ring (bicyclic) bond motifs is 1. The van der Waals surface area contributed by atoms with Crippen LogP contribution in [0.3, 0.4) is 0 Å². The molecule has 0 spiro atoms. The highest BCUT2D eigenvalue weighted by Crippen LogP contribution is 2.33. The number of benzene rings is 1. The van der Waals surface area contributed by atoms with Gasteiger partial charge in [0, 0.05) is 6.54 Å². The molecule has 1 heterocycles. The molecule has 2 rings (SSSR count). The minimum Gasteiger partial charge on any atom is -0.372 e. The van der Waals surface area contributed by atoms with Gasteiger partial charge in [0.1, 0.15) is 6.04 Å². The number of carbonyl (C=O) groups excluding carboxylic acids is 1. The highest BCUT2D eigenvalue weighted by Gasteiger charge is 2.33. The van der Waals surface area contributed by atoms with E-state index in [0.29, 0.717) is 6.54 Å². The topological polar surface area (TPSA) is 32.3 Å². The molecule has 1 aliphatic heterocycles. The fraction of sp³-hybridized carbons (Fsp3) is 0.400. The Morgan fingerprint density at radius 1 is 1.44 bits per heavy atom. The zero-order valence-corrected chi connectivity index (χ0v) is 11.2. The Bertz CT molecular complexity index is 479. The summed E-state index contributed by atoms with van der Waals surface area (Å²) in [6, 6.07) is 7.77. The number of hydrogen-bond acceptors (Lipinski definition) is 2. The van der Waals surface area contributed by atoms with Crippen LogP contribution >= 0.6 is 0 Å². The Balaban J connectivity index is 2.42. The first kappa shape index (κ1) is 12.7. The van der Waals surface area contributed by atoms with Crippen LogP contribution in [0.5, 0.6) is 0 Å². The molecule has 0 saturated carbocycles. The van der Waals surface area contributed by atoms with E-state index in [4.69, 9.17) is 0 Å². The molecule has 0 saturated heterocycles. The van der Waals surface area contributed by atoms with Gasteiger partial charge in [0.05, 0.1) is 11.4 Å². The van der Waals surface area contributed by atoms with Crippen molar-refractivity contribution < 1.29 is 4.79 Å². The van der Waals surface area contributed by atoms with Crippen LogP contribution in [0.4, 0.5) is 11.4 Å². The lowest BCUT2D eigenvalue weighted by Crippen LogP contribution is -2.50. The Morgan fingerprint density at radius 3 is 2.72 bits per heavy atom. The number of carbonyl (C=O) groups is 1. The first-order valence-corrected chi connectivity index (χ1v) is 6.32. The molecule has 1 aromatic carbocycles. The van der Waals surface area contributed by atoms with Gasteiger partial charge in [0.15, 0.2) is 0 Å². The molecule has 96 valence electrons. The van der Waals surface area contributed by atoms with Crippen molar-refractivity contribution in [1.29, 1.82) is 0 Å². The molecule has 3 heteroatoms. The van der Waals surface area contributed by atoms with Crippen LogP contribution in [0.1, 0.15) is 20.8 Å². The third-order valence-corrected chi connectivity index (χ3v) is 3.13. The fourth-order valence-corrected chi connectivity index (χ4v) is 2.23. The van der Waals surface area contributed by atoms with Gasteiger partial charge in [0.2, 0.25) is 5.91 Å². The van der Waals surface area contributed by atoms with Gasteiger partial charge in [-0.05, 0) is 25.0 Å². The molecule has 3 nitrogen and oxygen atoms in total. The summed E-state index contributed by atoms with van der Waals surface area (Å²) in [6.45, 7) is 10.6. The Kier molecular flexibility index (Phi) is 3.41. The summed E-state index contributed by atoms with van der Waals surface area (Å²) in [5.41, 5.74) is 2.96. The Labute approximate surface area is 108 Å². The van der Waals surface area contributed by atoms with Gasteiger partial charge in [-0.1, -0.05) is 38.1 Å². The summed E-state index contributed by atoms with van der Waals surface area (Å²) in [5, 5.41) is 3.33. The number of amides is 1. The predicted octanol–water partition coefficient (Wildman–Crippen LogP) is 3.05. The smallest absolute Gasteiger partial charge is 0.250 e. The van der Waals surface area contributed by atoms with Gasteiger partial charge in [-0.3, -0.25) is 4.79 Å². The lowest BCUT2D eigenvalue weighted by molar-refractivity contribution is -0.120. The van der Waals surface area contributed by atoms with Gasteiger partial charge < -0.3 is 10.2 Å². The lowest BCUT2D eigenvalue weighted by atomic mass is 9.98. The van der Waals surface area contributed by atoms with Gasteiger partial charge in [-0.25, -0.2) is 0 Å². The zero-order valence-electron chi connectivity index (χ0n) is 11.2. The van der Waals surface area contributed by atoms with Crippen LogP contribution in [0.15, 0.2) is 36.4 Å². The van der Waals surface area contributed by atoms with Crippen molar-refractivity contribution in [3.8, 4) is 0 Å². The van der Waals surface area contributed by atoms with Crippen molar-refractivity contribution in [1.82, 2.24) is 0 Å². The minimum absolute atomic E-state index is 0.131. The molecule has 1 amide bonds. The van der Waals surface area contributed by atoms with Crippen molar-refractivity contribution in [2.45, 2.75) is 26.8 Å². The Hall–Kier alpha value is -1.77. The number of nitrogens with zero attached hydrogens (tertiary/aromatic N) is 1. The molecule has 0 radical (unpaired) electrons. The van der Waals surface area contributed by atoms with E-state index in [1.54, 1.807) is 0 Å². The average Bonchev–Trinajstić information content (AvgIpc) is 2.31. The van der Waals surface area contributed by atoms with Crippen molar-refractivity contribution in [2.24, 2.45) is 5.92 Å². The molecular formula is C15H20N2O. The normalized spacial score (nSPS) is 18.6. The van der Waals surface area contributed by atoms with E-state index in [0.717, 1.165) is 16.9 Å². The van der Waals surface area contributed by atoms with E-state index in [9.17, 15) is 4.79 Å². The molecule has 1 aliphatic rings. The van der Waals surface area contributed by atoms with Crippen LogP contribution in [-0.4, -0.2) is 18.5 Å². The molecule has 1 N–H and O–H groups in total.